The Kier molecular flexibility index (Phi) is 3.60. The van der Waals surface area contributed by atoms with Gasteiger partial charge >= 0.3 is 0 Å². The molecule has 13 heavy (non-hydrogen) atoms. The Balaban J connectivity index is 2.58. The average Bonchev–Trinajstić information content (AvgIpc) is 2.13. The van der Waals surface area contributed by atoms with Crippen molar-refractivity contribution < 1.29 is 30.3 Å². The highest BCUT2D eigenvalue weighted by molar-refractivity contribution is 4.89. The highest BCUT2D eigenvalue weighted by Gasteiger charge is 2.40. The standard InChI is InChI=1S/C7H14O6/c8-1-3(9)7-6(12)5(11)4(10)2-13-7/h3-12H,1-2H2/t3-,4-,5-,6+,7-/m1/s1. The molecule has 1 saturated heterocycles. The Bertz CT molecular complexity index is 163. The molecule has 1 rings (SSSR count). The van der Waals surface area contributed by atoms with Crippen molar-refractivity contribution >= 4 is 0 Å². The molecule has 0 radical (unpaired) electrons. The predicted molar refractivity (Wildman–Crippen MR) is 40.9 cm³/mol. The summed E-state index contributed by atoms with van der Waals surface area (Å²) in [5.41, 5.74) is 0. The van der Waals surface area contributed by atoms with Crippen LogP contribution in [0.25, 0.3) is 0 Å². The van der Waals surface area contributed by atoms with E-state index < -0.39 is 37.1 Å². The van der Waals surface area contributed by atoms with Gasteiger partial charge in [0.05, 0.1) is 13.2 Å². The van der Waals surface area contributed by atoms with Crippen LogP contribution in [0.5, 0.6) is 0 Å². The summed E-state index contributed by atoms with van der Waals surface area (Å²) in [4.78, 5) is 0. The van der Waals surface area contributed by atoms with E-state index in [0.717, 1.165) is 0 Å². The van der Waals surface area contributed by atoms with Crippen LogP contribution in [0.3, 0.4) is 0 Å². The first-order valence-electron chi connectivity index (χ1n) is 4.02. The fourth-order valence-corrected chi connectivity index (χ4v) is 1.27. The molecule has 0 amide bonds. The zero-order chi connectivity index (χ0) is 10.0. The number of hydrogen-bond donors (Lipinski definition) is 5. The summed E-state index contributed by atoms with van der Waals surface area (Å²) in [5, 5.41) is 45.2. The third-order valence-electron chi connectivity index (χ3n) is 2.11. The molecular weight excluding hydrogens is 180 g/mol. The number of hydrogen-bond acceptors (Lipinski definition) is 6. The number of aliphatic hydroxyl groups is 5. The maximum Gasteiger partial charge on any atom is 0.114 e. The van der Waals surface area contributed by atoms with Crippen molar-refractivity contribution in [2.24, 2.45) is 0 Å². The van der Waals surface area contributed by atoms with Crippen LogP contribution in [0.4, 0.5) is 0 Å². The van der Waals surface area contributed by atoms with Gasteiger partial charge < -0.3 is 30.3 Å². The highest BCUT2D eigenvalue weighted by atomic mass is 16.5. The molecule has 5 atom stereocenters. The molecule has 1 fully saturated rings. The van der Waals surface area contributed by atoms with E-state index in [2.05, 4.69) is 0 Å². The molecular formula is C7H14O6. The SMILES string of the molecule is OC[C@@H](O)[C@H]1OC[C@@H](O)[C@@H](O)[C@@H]1O. The second-order valence-corrected chi connectivity index (χ2v) is 3.10. The van der Waals surface area contributed by atoms with Gasteiger partial charge in [-0.25, -0.2) is 0 Å². The largest absolute Gasteiger partial charge is 0.394 e. The van der Waals surface area contributed by atoms with Gasteiger partial charge in [-0.1, -0.05) is 0 Å². The molecule has 1 heterocycles. The molecule has 6 heteroatoms. The van der Waals surface area contributed by atoms with Crippen molar-refractivity contribution in [3.63, 3.8) is 0 Å². The van der Waals surface area contributed by atoms with Crippen LogP contribution < -0.4 is 0 Å². The second-order valence-electron chi connectivity index (χ2n) is 3.10. The van der Waals surface area contributed by atoms with Gasteiger partial charge in [0.25, 0.3) is 0 Å². The Morgan fingerprint density at radius 1 is 1.23 bits per heavy atom. The zero-order valence-corrected chi connectivity index (χ0v) is 6.95. The van der Waals surface area contributed by atoms with Crippen LogP contribution in [0, 0.1) is 0 Å². The van der Waals surface area contributed by atoms with Crippen LogP contribution in [-0.4, -0.2) is 69.3 Å². The normalized spacial score (nSPS) is 43.2. The summed E-state index contributed by atoms with van der Waals surface area (Å²) in [6, 6.07) is 0. The van der Waals surface area contributed by atoms with Crippen molar-refractivity contribution in [1.29, 1.82) is 0 Å². The van der Waals surface area contributed by atoms with E-state index in [-0.39, 0.29) is 6.61 Å². The molecule has 0 spiro atoms. The summed E-state index contributed by atoms with van der Waals surface area (Å²) in [7, 11) is 0. The Morgan fingerprint density at radius 3 is 2.38 bits per heavy atom. The average molecular weight is 194 g/mol. The van der Waals surface area contributed by atoms with Gasteiger partial charge in [0, 0.05) is 0 Å². The summed E-state index contributed by atoms with van der Waals surface area (Å²) in [6.45, 7) is -0.732. The highest BCUT2D eigenvalue weighted by Crippen LogP contribution is 2.17. The summed E-state index contributed by atoms with van der Waals surface area (Å²) in [5.74, 6) is 0. The predicted octanol–water partition coefficient (Wildman–Crippen LogP) is -3.18. The fourth-order valence-electron chi connectivity index (χ4n) is 1.27. The first-order chi connectivity index (χ1) is 6.07. The molecule has 0 aromatic rings. The minimum atomic E-state index is -1.38. The molecule has 78 valence electrons. The van der Waals surface area contributed by atoms with E-state index in [9.17, 15) is 10.2 Å². The molecule has 1 aliphatic rings. The van der Waals surface area contributed by atoms with Crippen LogP contribution in [0.15, 0.2) is 0 Å². The van der Waals surface area contributed by atoms with E-state index in [0.29, 0.717) is 0 Å². The van der Waals surface area contributed by atoms with Gasteiger partial charge in [0.15, 0.2) is 0 Å². The lowest BCUT2D eigenvalue weighted by Crippen LogP contribution is -2.57. The van der Waals surface area contributed by atoms with E-state index in [4.69, 9.17) is 20.1 Å². The lowest BCUT2D eigenvalue weighted by Gasteiger charge is -2.36. The van der Waals surface area contributed by atoms with Gasteiger partial charge in [-0.05, 0) is 0 Å². The number of aliphatic hydroxyl groups excluding tert-OH is 5. The lowest BCUT2D eigenvalue weighted by molar-refractivity contribution is -0.214. The topological polar surface area (TPSA) is 110 Å². The van der Waals surface area contributed by atoms with Gasteiger partial charge in [-0.15, -0.1) is 0 Å². The molecule has 5 N–H and O–H groups in total. The maximum absolute atomic E-state index is 9.30. The first-order valence-corrected chi connectivity index (χ1v) is 4.02. The van der Waals surface area contributed by atoms with Crippen LogP contribution >= 0.6 is 0 Å². The van der Waals surface area contributed by atoms with Gasteiger partial charge in [-0.3, -0.25) is 0 Å². The molecule has 0 aliphatic carbocycles. The van der Waals surface area contributed by atoms with Crippen molar-refractivity contribution in [3.8, 4) is 0 Å². The summed E-state index contributed by atoms with van der Waals surface area (Å²) in [6.07, 6.45) is -6.19. The minimum absolute atomic E-state index is 0.167. The molecule has 0 unspecified atom stereocenters. The second kappa shape index (κ2) is 4.32. The van der Waals surface area contributed by atoms with E-state index in [1.807, 2.05) is 0 Å². The first kappa shape index (κ1) is 10.8. The van der Waals surface area contributed by atoms with Gasteiger partial charge in [0.1, 0.15) is 30.5 Å². The molecule has 0 saturated carbocycles. The van der Waals surface area contributed by atoms with E-state index >= 15 is 0 Å². The smallest absolute Gasteiger partial charge is 0.114 e. The summed E-state index contributed by atoms with van der Waals surface area (Å²) < 4.78 is 4.86. The lowest BCUT2D eigenvalue weighted by atomic mass is 9.97. The van der Waals surface area contributed by atoms with Crippen molar-refractivity contribution in [2.75, 3.05) is 13.2 Å². The van der Waals surface area contributed by atoms with E-state index in [1.165, 1.54) is 0 Å². The third-order valence-corrected chi connectivity index (χ3v) is 2.11. The Morgan fingerprint density at radius 2 is 1.85 bits per heavy atom. The van der Waals surface area contributed by atoms with Gasteiger partial charge in [0.2, 0.25) is 0 Å². The number of rotatable bonds is 2. The monoisotopic (exact) mass is 194 g/mol. The molecule has 0 bridgehead atoms. The van der Waals surface area contributed by atoms with Crippen LogP contribution in [0.1, 0.15) is 0 Å². The van der Waals surface area contributed by atoms with Crippen molar-refractivity contribution in [3.05, 3.63) is 0 Å². The fraction of sp³-hybridized carbons (Fsp3) is 1.00. The van der Waals surface area contributed by atoms with Gasteiger partial charge in [-0.2, -0.15) is 0 Å². The van der Waals surface area contributed by atoms with E-state index in [1.54, 1.807) is 0 Å². The molecule has 1 aliphatic heterocycles. The molecule has 6 nitrogen and oxygen atoms in total. The van der Waals surface area contributed by atoms with Crippen LogP contribution in [-0.2, 0) is 4.74 Å². The Hall–Kier alpha value is -0.240. The quantitative estimate of drug-likeness (QED) is 0.317. The van der Waals surface area contributed by atoms with Crippen molar-refractivity contribution in [1.82, 2.24) is 0 Å². The molecule has 0 aromatic heterocycles. The molecule has 0 aromatic carbocycles. The Labute approximate surface area is 75.0 Å². The van der Waals surface area contributed by atoms with Crippen LogP contribution in [0.2, 0.25) is 0 Å². The van der Waals surface area contributed by atoms with Crippen molar-refractivity contribution in [2.45, 2.75) is 30.5 Å². The maximum atomic E-state index is 9.30. The summed E-state index contributed by atoms with van der Waals surface area (Å²) >= 11 is 0. The number of ether oxygens (including phenoxy) is 1. The third kappa shape index (κ3) is 2.16. The zero-order valence-electron chi connectivity index (χ0n) is 6.95. The minimum Gasteiger partial charge on any atom is -0.394 e.